The largest absolute Gasteiger partial charge is 0.399 e. The maximum absolute atomic E-state index is 5.68. The first-order valence-corrected chi connectivity index (χ1v) is 5.85. The van der Waals surface area contributed by atoms with E-state index in [-0.39, 0.29) is 0 Å². The highest BCUT2D eigenvalue weighted by Crippen LogP contribution is 2.15. The standard InChI is InChI=1S/C14H14N4/c1-18-12-3-2-8-16-14(12)17-13(18)9-10-4-6-11(15)7-5-10/h2-8H,9,15H2,1H3. The third-order valence-corrected chi connectivity index (χ3v) is 3.09. The van der Waals surface area contributed by atoms with Crippen molar-refractivity contribution in [1.82, 2.24) is 14.5 Å². The molecule has 4 nitrogen and oxygen atoms in total. The third kappa shape index (κ3) is 1.82. The van der Waals surface area contributed by atoms with Gasteiger partial charge in [-0.15, -0.1) is 0 Å². The first-order chi connectivity index (χ1) is 8.74. The summed E-state index contributed by atoms with van der Waals surface area (Å²) in [4.78, 5) is 8.82. The van der Waals surface area contributed by atoms with Crippen LogP contribution in [0.2, 0.25) is 0 Å². The van der Waals surface area contributed by atoms with Gasteiger partial charge in [-0.3, -0.25) is 0 Å². The molecule has 0 radical (unpaired) electrons. The van der Waals surface area contributed by atoms with E-state index in [1.807, 2.05) is 43.4 Å². The van der Waals surface area contributed by atoms with Crippen molar-refractivity contribution < 1.29 is 0 Å². The van der Waals surface area contributed by atoms with Gasteiger partial charge in [-0.05, 0) is 29.8 Å². The summed E-state index contributed by atoms with van der Waals surface area (Å²) in [6.45, 7) is 0. The molecule has 18 heavy (non-hydrogen) atoms. The lowest BCUT2D eigenvalue weighted by atomic mass is 10.1. The first kappa shape index (κ1) is 10.8. The molecule has 0 atom stereocenters. The van der Waals surface area contributed by atoms with E-state index in [2.05, 4.69) is 14.5 Å². The maximum atomic E-state index is 5.68. The van der Waals surface area contributed by atoms with Crippen LogP contribution in [0.5, 0.6) is 0 Å². The highest BCUT2D eigenvalue weighted by atomic mass is 15.1. The maximum Gasteiger partial charge on any atom is 0.177 e. The van der Waals surface area contributed by atoms with Crippen LogP contribution in [0.25, 0.3) is 11.2 Å². The molecule has 3 aromatic rings. The van der Waals surface area contributed by atoms with Gasteiger partial charge in [0.1, 0.15) is 5.82 Å². The van der Waals surface area contributed by atoms with Crippen LogP contribution in [0.3, 0.4) is 0 Å². The van der Waals surface area contributed by atoms with E-state index in [0.717, 1.165) is 29.1 Å². The molecule has 2 heterocycles. The highest BCUT2D eigenvalue weighted by Gasteiger charge is 2.08. The number of nitrogens with zero attached hydrogens (tertiary/aromatic N) is 3. The van der Waals surface area contributed by atoms with Gasteiger partial charge in [-0.2, -0.15) is 0 Å². The van der Waals surface area contributed by atoms with Crippen molar-refractivity contribution in [2.45, 2.75) is 6.42 Å². The third-order valence-electron chi connectivity index (χ3n) is 3.09. The lowest BCUT2D eigenvalue weighted by molar-refractivity contribution is 0.844. The molecule has 4 heteroatoms. The zero-order valence-electron chi connectivity index (χ0n) is 10.2. The number of anilines is 1. The molecule has 0 fully saturated rings. The summed E-state index contributed by atoms with van der Waals surface area (Å²) < 4.78 is 2.08. The normalized spacial score (nSPS) is 10.9. The Hall–Kier alpha value is -2.36. The van der Waals surface area contributed by atoms with Crippen LogP contribution < -0.4 is 5.73 Å². The zero-order chi connectivity index (χ0) is 12.5. The summed E-state index contributed by atoms with van der Waals surface area (Å²) in [5.41, 5.74) is 9.52. The number of aryl methyl sites for hydroxylation is 1. The van der Waals surface area contributed by atoms with E-state index < -0.39 is 0 Å². The molecule has 0 spiro atoms. The number of nitrogen functional groups attached to an aromatic ring is 1. The van der Waals surface area contributed by atoms with Gasteiger partial charge in [-0.1, -0.05) is 12.1 Å². The number of pyridine rings is 1. The predicted molar refractivity (Wildman–Crippen MR) is 72.2 cm³/mol. The van der Waals surface area contributed by atoms with Crippen molar-refractivity contribution in [3.8, 4) is 0 Å². The average Bonchev–Trinajstić information content (AvgIpc) is 2.70. The summed E-state index contributed by atoms with van der Waals surface area (Å²) >= 11 is 0. The second-order valence-electron chi connectivity index (χ2n) is 4.35. The van der Waals surface area contributed by atoms with E-state index in [4.69, 9.17) is 5.73 Å². The van der Waals surface area contributed by atoms with Crippen LogP contribution in [-0.4, -0.2) is 14.5 Å². The number of hydrogen-bond acceptors (Lipinski definition) is 3. The Labute approximate surface area is 105 Å². The van der Waals surface area contributed by atoms with Crippen molar-refractivity contribution in [3.05, 3.63) is 54.0 Å². The molecule has 0 bridgehead atoms. The summed E-state index contributed by atoms with van der Waals surface area (Å²) in [6, 6.07) is 11.8. The first-order valence-electron chi connectivity index (χ1n) is 5.85. The van der Waals surface area contributed by atoms with Gasteiger partial charge in [0.15, 0.2) is 5.65 Å². The Morgan fingerprint density at radius 2 is 1.94 bits per heavy atom. The molecule has 0 aliphatic carbocycles. The topological polar surface area (TPSA) is 56.7 Å². The molecule has 2 N–H and O–H groups in total. The van der Waals surface area contributed by atoms with E-state index in [1.165, 1.54) is 5.56 Å². The second kappa shape index (κ2) is 4.14. The Kier molecular flexibility index (Phi) is 2.48. The van der Waals surface area contributed by atoms with Gasteiger partial charge in [0, 0.05) is 25.4 Å². The highest BCUT2D eigenvalue weighted by molar-refractivity contribution is 5.71. The Bertz CT molecular complexity index is 683. The summed E-state index contributed by atoms with van der Waals surface area (Å²) in [7, 11) is 2.02. The van der Waals surface area contributed by atoms with Gasteiger partial charge in [0.2, 0.25) is 0 Å². The molecule has 0 unspecified atom stereocenters. The minimum Gasteiger partial charge on any atom is -0.399 e. The molecule has 3 rings (SSSR count). The van der Waals surface area contributed by atoms with Gasteiger partial charge in [0.05, 0.1) is 5.52 Å². The lowest BCUT2D eigenvalue weighted by Gasteiger charge is -2.03. The molecular formula is C14H14N4. The van der Waals surface area contributed by atoms with Crippen LogP contribution in [0.15, 0.2) is 42.6 Å². The van der Waals surface area contributed by atoms with Crippen molar-refractivity contribution in [2.75, 3.05) is 5.73 Å². The summed E-state index contributed by atoms with van der Waals surface area (Å²) in [5, 5.41) is 0. The molecule has 0 saturated heterocycles. The molecule has 0 aliphatic heterocycles. The van der Waals surface area contributed by atoms with Gasteiger partial charge in [-0.25, -0.2) is 9.97 Å². The fraction of sp³-hybridized carbons (Fsp3) is 0.143. The molecule has 0 amide bonds. The number of rotatable bonds is 2. The van der Waals surface area contributed by atoms with Crippen LogP contribution >= 0.6 is 0 Å². The van der Waals surface area contributed by atoms with E-state index in [1.54, 1.807) is 6.20 Å². The van der Waals surface area contributed by atoms with Crippen LogP contribution in [0.1, 0.15) is 11.4 Å². The van der Waals surface area contributed by atoms with Crippen molar-refractivity contribution >= 4 is 16.9 Å². The van der Waals surface area contributed by atoms with Crippen LogP contribution in [0, 0.1) is 0 Å². The number of imidazole rings is 1. The SMILES string of the molecule is Cn1c(Cc2ccc(N)cc2)nc2ncccc21. The number of nitrogens with two attached hydrogens (primary N) is 1. The van der Waals surface area contributed by atoms with Gasteiger partial charge < -0.3 is 10.3 Å². The van der Waals surface area contributed by atoms with Crippen LogP contribution in [-0.2, 0) is 13.5 Å². The summed E-state index contributed by atoms with van der Waals surface area (Å²) in [6.07, 6.45) is 2.55. The minimum absolute atomic E-state index is 0.783. The monoisotopic (exact) mass is 238 g/mol. The predicted octanol–water partition coefficient (Wildman–Crippen LogP) is 2.14. The van der Waals surface area contributed by atoms with E-state index in [9.17, 15) is 0 Å². The fourth-order valence-electron chi connectivity index (χ4n) is 2.05. The number of benzene rings is 1. The average molecular weight is 238 g/mol. The van der Waals surface area contributed by atoms with Crippen molar-refractivity contribution in [2.24, 2.45) is 7.05 Å². The van der Waals surface area contributed by atoms with Crippen LogP contribution in [0.4, 0.5) is 5.69 Å². The second-order valence-corrected chi connectivity index (χ2v) is 4.35. The molecule has 1 aromatic carbocycles. The summed E-state index contributed by atoms with van der Waals surface area (Å²) in [5.74, 6) is 1.01. The number of aromatic nitrogens is 3. The Morgan fingerprint density at radius 3 is 2.67 bits per heavy atom. The molecule has 2 aromatic heterocycles. The molecular weight excluding hydrogens is 224 g/mol. The quantitative estimate of drug-likeness (QED) is 0.696. The van der Waals surface area contributed by atoms with Crippen molar-refractivity contribution in [1.29, 1.82) is 0 Å². The van der Waals surface area contributed by atoms with E-state index >= 15 is 0 Å². The Morgan fingerprint density at radius 1 is 1.17 bits per heavy atom. The number of fused-ring (bicyclic) bond motifs is 1. The molecule has 0 aliphatic rings. The number of hydrogen-bond donors (Lipinski definition) is 1. The van der Waals surface area contributed by atoms with Gasteiger partial charge >= 0.3 is 0 Å². The van der Waals surface area contributed by atoms with Crippen molar-refractivity contribution in [3.63, 3.8) is 0 Å². The Balaban J connectivity index is 1.99. The fourth-order valence-corrected chi connectivity index (χ4v) is 2.05. The zero-order valence-corrected chi connectivity index (χ0v) is 10.2. The van der Waals surface area contributed by atoms with E-state index in [0.29, 0.717) is 0 Å². The lowest BCUT2D eigenvalue weighted by Crippen LogP contribution is -1.99. The molecule has 90 valence electrons. The minimum atomic E-state index is 0.783. The van der Waals surface area contributed by atoms with Gasteiger partial charge in [0.25, 0.3) is 0 Å². The molecule has 0 saturated carbocycles. The smallest absolute Gasteiger partial charge is 0.177 e.